The molecule has 1 amide bonds. The molecule has 0 atom stereocenters. The number of fused-ring (bicyclic) bond motifs is 1. The van der Waals surface area contributed by atoms with Crippen LogP contribution in [0.3, 0.4) is 0 Å². The Balaban J connectivity index is 1.77. The van der Waals surface area contributed by atoms with Crippen LogP contribution in [0.1, 0.15) is 24.0 Å². The first kappa shape index (κ1) is 17.3. The molecule has 1 aliphatic carbocycles. The molecule has 0 spiro atoms. The Labute approximate surface area is 155 Å². The Hall–Kier alpha value is -3.15. The predicted molar refractivity (Wildman–Crippen MR) is 98.9 cm³/mol. The summed E-state index contributed by atoms with van der Waals surface area (Å²) in [6, 6.07) is 8.65. The molecule has 2 aromatic carbocycles. The first-order chi connectivity index (χ1) is 12.9. The summed E-state index contributed by atoms with van der Waals surface area (Å²) in [6.45, 7) is 4.05. The van der Waals surface area contributed by atoms with Gasteiger partial charge in [0, 0.05) is 24.4 Å². The van der Waals surface area contributed by atoms with E-state index in [4.69, 9.17) is 0 Å². The van der Waals surface area contributed by atoms with Gasteiger partial charge in [-0.05, 0) is 48.2 Å². The Morgan fingerprint density at radius 3 is 2.48 bits per heavy atom. The van der Waals surface area contributed by atoms with Gasteiger partial charge < -0.3 is 15.3 Å². The Bertz CT molecular complexity index is 963. The van der Waals surface area contributed by atoms with Crippen molar-refractivity contribution in [2.75, 3.05) is 4.90 Å². The molecule has 1 saturated carbocycles. The SMILES string of the molecule is C=C1C(C(=O)NC2CC2)=CN(Cc2ccc(O)cc2)c2c(F)ccc(F)c21. The highest BCUT2D eigenvalue weighted by molar-refractivity contribution is 6.11. The lowest BCUT2D eigenvalue weighted by Gasteiger charge is -2.31. The number of nitrogens with one attached hydrogen (secondary N) is 1. The maximum Gasteiger partial charge on any atom is 0.253 e. The maximum atomic E-state index is 14.6. The number of benzene rings is 2. The summed E-state index contributed by atoms with van der Waals surface area (Å²) in [6.07, 6.45) is 3.35. The quantitative estimate of drug-likeness (QED) is 0.862. The molecule has 0 bridgehead atoms. The number of phenols is 1. The smallest absolute Gasteiger partial charge is 0.253 e. The van der Waals surface area contributed by atoms with Gasteiger partial charge in [-0.2, -0.15) is 0 Å². The molecule has 1 aliphatic heterocycles. The fraction of sp³-hybridized carbons (Fsp3) is 0.190. The van der Waals surface area contributed by atoms with Crippen LogP contribution in [0.2, 0.25) is 0 Å². The number of hydrogen-bond donors (Lipinski definition) is 2. The molecule has 0 radical (unpaired) electrons. The topological polar surface area (TPSA) is 52.6 Å². The van der Waals surface area contributed by atoms with Crippen LogP contribution >= 0.6 is 0 Å². The first-order valence-corrected chi connectivity index (χ1v) is 8.69. The largest absolute Gasteiger partial charge is 0.508 e. The summed E-state index contributed by atoms with van der Waals surface area (Å²) in [5.41, 5.74) is 1.21. The Morgan fingerprint density at radius 2 is 1.81 bits per heavy atom. The molecule has 2 aliphatic rings. The van der Waals surface area contributed by atoms with E-state index in [2.05, 4.69) is 11.9 Å². The molecule has 0 aromatic heterocycles. The zero-order valence-electron chi connectivity index (χ0n) is 14.5. The lowest BCUT2D eigenvalue weighted by Crippen LogP contribution is -2.32. The molecule has 6 heteroatoms. The van der Waals surface area contributed by atoms with Gasteiger partial charge in [0.15, 0.2) is 0 Å². The lowest BCUT2D eigenvalue weighted by atomic mass is 9.92. The van der Waals surface area contributed by atoms with Crippen molar-refractivity contribution in [3.05, 3.63) is 77.5 Å². The van der Waals surface area contributed by atoms with E-state index in [9.17, 15) is 18.7 Å². The summed E-state index contributed by atoms with van der Waals surface area (Å²) >= 11 is 0. The molecule has 27 heavy (non-hydrogen) atoms. The van der Waals surface area contributed by atoms with Crippen LogP contribution in [0.4, 0.5) is 14.5 Å². The lowest BCUT2D eigenvalue weighted by molar-refractivity contribution is -0.117. The summed E-state index contributed by atoms with van der Waals surface area (Å²) in [5, 5.41) is 12.3. The van der Waals surface area contributed by atoms with Crippen molar-refractivity contribution >= 4 is 17.2 Å². The number of aromatic hydroxyl groups is 1. The van der Waals surface area contributed by atoms with E-state index < -0.39 is 11.6 Å². The molecular formula is C21H18F2N2O2. The minimum absolute atomic E-state index is 0.00257. The molecule has 4 nitrogen and oxygen atoms in total. The highest BCUT2D eigenvalue weighted by Crippen LogP contribution is 2.40. The van der Waals surface area contributed by atoms with Gasteiger partial charge >= 0.3 is 0 Å². The van der Waals surface area contributed by atoms with Crippen LogP contribution < -0.4 is 10.2 Å². The number of carbonyl (C=O) groups is 1. The fourth-order valence-electron chi connectivity index (χ4n) is 3.15. The molecule has 4 rings (SSSR count). The van der Waals surface area contributed by atoms with Crippen molar-refractivity contribution in [3.63, 3.8) is 0 Å². The van der Waals surface area contributed by atoms with Gasteiger partial charge in [-0.25, -0.2) is 8.78 Å². The summed E-state index contributed by atoms with van der Waals surface area (Å²) < 4.78 is 29.1. The van der Waals surface area contributed by atoms with Crippen molar-refractivity contribution in [2.45, 2.75) is 25.4 Å². The van der Waals surface area contributed by atoms with Crippen molar-refractivity contribution in [2.24, 2.45) is 0 Å². The number of amides is 1. The molecule has 0 saturated heterocycles. The van der Waals surface area contributed by atoms with Gasteiger partial charge in [0.2, 0.25) is 0 Å². The van der Waals surface area contributed by atoms with Crippen LogP contribution in [0.15, 0.2) is 54.8 Å². The summed E-state index contributed by atoms with van der Waals surface area (Å²) in [5.74, 6) is -1.45. The third-order valence-electron chi connectivity index (χ3n) is 4.72. The molecule has 2 N–H and O–H groups in total. The standard InChI is InChI=1S/C21H18F2N2O2/c1-12-16(21(27)24-14-4-5-14)11-25(10-13-2-6-15(26)7-3-13)20-18(23)9-8-17(22)19(12)20/h2-3,6-9,11,14,26H,1,4-5,10H2,(H,24,27). The zero-order valence-corrected chi connectivity index (χ0v) is 14.5. The van der Waals surface area contributed by atoms with Gasteiger partial charge in [-0.1, -0.05) is 18.7 Å². The van der Waals surface area contributed by atoms with Crippen molar-refractivity contribution in [3.8, 4) is 5.75 Å². The summed E-state index contributed by atoms with van der Waals surface area (Å²) in [4.78, 5) is 14.1. The van der Waals surface area contributed by atoms with E-state index in [0.29, 0.717) is 0 Å². The zero-order chi connectivity index (χ0) is 19.1. The number of rotatable bonds is 4. The van der Waals surface area contributed by atoms with Gasteiger partial charge in [0.05, 0.1) is 11.3 Å². The Morgan fingerprint density at radius 1 is 1.15 bits per heavy atom. The molecule has 1 heterocycles. The molecule has 138 valence electrons. The number of halogens is 2. The number of phenolic OH excluding ortho intramolecular Hbond substituents is 1. The van der Waals surface area contributed by atoms with Crippen LogP contribution in [0.25, 0.3) is 5.57 Å². The number of anilines is 1. The van der Waals surface area contributed by atoms with E-state index in [1.54, 1.807) is 12.1 Å². The average molecular weight is 368 g/mol. The van der Waals surface area contributed by atoms with Crippen LogP contribution in [-0.2, 0) is 11.3 Å². The second-order valence-corrected chi connectivity index (χ2v) is 6.82. The van der Waals surface area contributed by atoms with Crippen LogP contribution in [-0.4, -0.2) is 17.1 Å². The van der Waals surface area contributed by atoms with Gasteiger partial charge in [0.1, 0.15) is 17.4 Å². The maximum absolute atomic E-state index is 14.6. The van der Waals surface area contributed by atoms with E-state index in [1.807, 2.05) is 0 Å². The van der Waals surface area contributed by atoms with Crippen LogP contribution in [0.5, 0.6) is 5.75 Å². The molecule has 2 aromatic rings. The van der Waals surface area contributed by atoms with Crippen molar-refractivity contribution in [1.29, 1.82) is 0 Å². The van der Waals surface area contributed by atoms with Crippen LogP contribution in [0, 0.1) is 11.6 Å². The molecule has 0 unspecified atom stereocenters. The van der Waals surface area contributed by atoms with Crippen molar-refractivity contribution < 1.29 is 18.7 Å². The second kappa shape index (κ2) is 6.54. The van der Waals surface area contributed by atoms with Gasteiger partial charge in [0.25, 0.3) is 5.91 Å². The minimum atomic E-state index is -0.628. The fourth-order valence-corrected chi connectivity index (χ4v) is 3.15. The summed E-state index contributed by atoms with van der Waals surface area (Å²) in [7, 11) is 0. The van der Waals surface area contributed by atoms with Gasteiger partial charge in [-0.15, -0.1) is 0 Å². The third-order valence-corrected chi connectivity index (χ3v) is 4.72. The number of hydrogen-bond acceptors (Lipinski definition) is 3. The van der Waals surface area contributed by atoms with E-state index in [0.717, 1.165) is 30.5 Å². The first-order valence-electron chi connectivity index (χ1n) is 8.69. The van der Waals surface area contributed by atoms with E-state index in [-0.39, 0.29) is 46.6 Å². The highest BCUT2D eigenvalue weighted by Gasteiger charge is 2.32. The molecular weight excluding hydrogens is 350 g/mol. The Kier molecular flexibility index (Phi) is 4.18. The normalized spacial score (nSPS) is 16.0. The van der Waals surface area contributed by atoms with Crippen molar-refractivity contribution in [1.82, 2.24) is 5.32 Å². The van der Waals surface area contributed by atoms with E-state index in [1.165, 1.54) is 23.2 Å². The third kappa shape index (κ3) is 3.30. The minimum Gasteiger partial charge on any atom is -0.508 e. The van der Waals surface area contributed by atoms with Gasteiger partial charge in [-0.3, -0.25) is 4.79 Å². The van der Waals surface area contributed by atoms with E-state index >= 15 is 0 Å². The molecule has 1 fully saturated rings. The predicted octanol–water partition coefficient (Wildman–Crippen LogP) is 3.87. The average Bonchev–Trinajstić information content (AvgIpc) is 3.45. The monoisotopic (exact) mass is 368 g/mol. The number of nitrogens with zero attached hydrogens (tertiary/aromatic N) is 1. The number of carbonyl (C=O) groups excluding carboxylic acids is 1. The second-order valence-electron chi connectivity index (χ2n) is 6.82. The highest BCUT2D eigenvalue weighted by atomic mass is 19.1.